The zero-order valence-corrected chi connectivity index (χ0v) is 12.2. The number of hydrogen-bond donors (Lipinski definition) is 0. The molecule has 0 saturated carbocycles. The fourth-order valence-electron chi connectivity index (χ4n) is 2.10. The third kappa shape index (κ3) is 3.76. The van der Waals surface area contributed by atoms with Crippen molar-refractivity contribution in [2.24, 2.45) is 0 Å². The van der Waals surface area contributed by atoms with E-state index in [0.717, 1.165) is 30.8 Å². The standard InChI is InChI=1S/C18H21NO/c1-3-19(4-2)14-7-8-15-20-18-13-9-11-16-10-5-6-12-17(16)18/h5-6,9-13H,3-4,14-15H2,1-2H3. The highest BCUT2D eigenvalue weighted by Crippen LogP contribution is 2.24. The van der Waals surface area contributed by atoms with E-state index in [1.807, 2.05) is 24.3 Å². The van der Waals surface area contributed by atoms with Gasteiger partial charge in [-0.15, -0.1) is 0 Å². The first kappa shape index (κ1) is 14.4. The Morgan fingerprint density at radius 3 is 2.50 bits per heavy atom. The first-order chi connectivity index (χ1) is 9.85. The summed E-state index contributed by atoms with van der Waals surface area (Å²) in [6, 6.07) is 14.3. The molecule has 0 bridgehead atoms. The number of fused-ring (bicyclic) bond motifs is 1. The van der Waals surface area contributed by atoms with Crippen molar-refractivity contribution in [1.82, 2.24) is 4.90 Å². The van der Waals surface area contributed by atoms with Crippen LogP contribution in [0.15, 0.2) is 42.5 Å². The van der Waals surface area contributed by atoms with E-state index in [2.05, 4.69) is 48.8 Å². The molecule has 0 aliphatic carbocycles. The van der Waals surface area contributed by atoms with Crippen molar-refractivity contribution < 1.29 is 4.74 Å². The molecule has 20 heavy (non-hydrogen) atoms. The van der Waals surface area contributed by atoms with E-state index >= 15 is 0 Å². The minimum atomic E-state index is 0.440. The zero-order chi connectivity index (χ0) is 14.2. The van der Waals surface area contributed by atoms with Gasteiger partial charge in [-0.3, -0.25) is 4.90 Å². The average molecular weight is 267 g/mol. The van der Waals surface area contributed by atoms with Gasteiger partial charge in [0.1, 0.15) is 12.4 Å². The molecule has 0 spiro atoms. The zero-order valence-electron chi connectivity index (χ0n) is 12.2. The van der Waals surface area contributed by atoms with E-state index < -0.39 is 0 Å². The van der Waals surface area contributed by atoms with Crippen LogP contribution in [0.2, 0.25) is 0 Å². The van der Waals surface area contributed by atoms with Crippen LogP contribution in [-0.2, 0) is 0 Å². The number of nitrogens with zero attached hydrogens (tertiary/aromatic N) is 1. The number of hydrogen-bond acceptors (Lipinski definition) is 2. The van der Waals surface area contributed by atoms with Crippen molar-refractivity contribution in [2.45, 2.75) is 13.8 Å². The summed E-state index contributed by atoms with van der Waals surface area (Å²) >= 11 is 0. The lowest BCUT2D eigenvalue weighted by molar-refractivity contribution is 0.341. The molecule has 0 unspecified atom stereocenters. The average Bonchev–Trinajstić information content (AvgIpc) is 2.51. The molecule has 0 aliphatic rings. The van der Waals surface area contributed by atoms with Gasteiger partial charge >= 0.3 is 0 Å². The molecule has 0 heterocycles. The third-order valence-electron chi connectivity index (χ3n) is 3.37. The number of rotatable bonds is 5. The van der Waals surface area contributed by atoms with Gasteiger partial charge in [-0.05, 0) is 24.5 Å². The van der Waals surface area contributed by atoms with Crippen LogP contribution in [0, 0.1) is 11.8 Å². The minimum Gasteiger partial charge on any atom is -0.480 e. The van der Waals surface area contributed by atoms with Crippen molar-refractivity contribution in [1.29, 1.82) is 0 Å². The number of benzene rings is 2. The predicted octanol–water partition coefficient (Wildman–Crippen LogP) is 3.56. The van der Waals surface area contributed by atoms with Crippen LogP contribution < -0.4 is 4.74 Å². The minimum absolute atomic E-state index is 0.440. The van der Waals surface area contributed by atoms with Crippen molar-refractivity contribution in [3.8, 4) is 17.6 Å². The highest BCUT2D eigenvalue weighted by atomic mass is 16.5. The Kier molecular flexibility index (Phi) is 5.46. The van der Waals surface area contributed by atoms with Gasteiger partial charge in [0.25, 0.3) is 0 Å². The monoisotopic (exact) mass is 267 g/mol. The molecule has 0 amide bonds. The molecule has 104 valence electrons. The summed E-state index contributed by atoms with van der Waals surface area (Å²) in [7, 11) is 0. The third-order valence-corrected chi connectivity index (χ3v) is 3.37. The summed E-state index contributed by atoms with van der Waals surface area (Å²) in [6.45, 7) is 7.63. The molecule has 2 rings (SSSR count). The van der Waals surface area contributed by atoms with Gasteiger partial charge in [-0.2, -0.15) is 0 Å². The Hall–Kier alpha value is -1.98. The van der Waals surface area contributed by atoms with E-state index in [4.69, 9.17) is 4.74 Å². The quantitative estimate of drug-likeness (QED) is 0.768. The normalized spacial score (nSPS) is 10.3. The van der Waals surface area contributed by atoms with Crippen LogP contribution in [0.5, 0.6) is 5.75 Å². The van der Waals surface area contributed by atoms with E-state index in [9.17, 15) is 0 Å². The van der Waals surface area contributed by atoms with E-state index in [0.29, 0.717) is 6.61 Å². The Morgan fingerprint density at radius 1 is 0.950 bits per heavy atom. The molecule has 0 radical (unpaired) electrons. The first-order valence-corrected chi connectivity index (χ1v) is 7.13. The molecule has 0 fully saturated rings. The lowest BCUT2D eigenvalue weighted by atomic mass is 10.1. The fourth-order valence-corrected chi connectivity index (χ4v) is 2.10. The topological polar surface area (TPSA) is 12.5 Å². The smallest absolute Gasteiger partial charge is 0.149 e. The molecule has 0 atom stereocenters. The van der Waals surface area contributed by atoms with Gasteiger partial charge in [0, 0.05) is 5.39 Å². The second-order valence-electron chi connectivity index (χ2n) is 4.58. The Labute approximate surface area is 121 Å². The SMILES string of the molecule is CCN(CC)CC#CCOc1cccc2ccccc12. The van der Waals surface area contributed by atoms with Gasteiger partial charge < -0.3 is 4.74 Å². The van der Waals surface area contributed by atoms with Gasteiger partial charge in [0.2, 0.25) is 0 Å². The summed E-state index contributed by atoms with van der Waals surface area (Å²) in [5, 5.41) is 2.33. The van der Waals surface area contributed by atoms with E-state index in [-0.39, 0.29) is 0 Å². The fraction of sp³-hybridized carbons (Fsp3) is 0.333. The largest absolute Gasteiger partial charge is 0.480 e. The van der Waals surface area contributed by atoms with Gasteiger partial charge in [-0.25, -0.2) is 0 Å². The van der Waals surface area contributed by atoms with Crippen LogP contribution in [0.25, 0.3) is 10.8 Å². The Morgan fingerprint density at radius 2 is 1.70 bits per heavy atom. The van der Waals surface area contributed by atoms with Crippen LogP contribution >= 0.6 is 0 Å². The molecule has 0 saturated heterocycles. The van der Waals surface area contributed by atoms with Crippen molar-refractivity contribution in [3.63, 3.8) is 0 Å². The summed E-state index contributed by atoms with van der Waals surface area (Å²) < 4.78 is 5.78. The highest BCUT2D eigenvalue weighted by molar-refractivity contribution is 5.88. The summed E-state index contributed by atoms with van der Waals surface area (Å²) in [5.74, 6) is 7.14. The lowest BCUT2D eigenvalue weighted by Gasteiger charge is -2.13. The maximum Gasteiger partial charge on any atom is 0.149 e. The molecule has 2 aromatic carbocycles. The first-order valence-electron chi connectivity index (χ1n) is 7.13. The molecule has 0 aromatic heterocycles. The van der Waals surface area contributed by atoms with Crippen molar-refractivity contribution in [2.75, 3.05) is 26.2 Å². The highest BCUT2D eigenvalue weighted by Gasteiger charge is 1.99. The van der Waals surface area contributed by atoms with Crippen LogP contribution in [-0.4, -0.2) is 31.1 Å². The molecule has 2 heteroatoms. The maximum atomic E-state index is 5.78. The summed E-state index contributed by atoms with van der Waals surface area (Å²) in [5.41, 5.74) is 0. The molecule has 0 aliphatic heterocycles. The van der Waals surface area contributed by atoms with Gasteiger partial charge in [0.05, 0.1) is 6.54 Å². The van der Waals surface area contributed by atoms with Crippen molar-refractivity contribution in [3.05, 3.63) is 42.5 Å². The van der Waals surface area contributed by atoms with Gasteiger partial charge in [0.15, 0.2) is 0 Å². The Bertz CT molecular complexity index is 600. The number of ether oxygens (including phenoxy) is 1. The Balaban J connectivity index is 1.95. The van der Waals surface area contributed by atoms with E-state index in [1.54, 1.807) is 0 Å². The summed E-state index contributed by atoms with van der Waals surface area (Å²) in [4.78, 5) is 2.28. The second kappa shape index (κ2) is 7.57. The second-order valence-corrected chi connectivity index (χ2v) is 4.58. The van der Waals surface area contributed by atoms with Crippen LogP contribution in [0.1, 0.15) is 13.8 Å². The van der Waals surface area contributed by atoms with Crippen LogP contribution in [0.4, 0.5) is 0 Å². The van der Waals surface area contributed by atoms with Crippen molar-refractivity contribution >= 4 is 10.8 Å². The molecule has 2 aromatic rings. The van der Waals surface area contributed by atoms with Gasteiger partial charge in [-0.1, -0.05) is 62.1 Å². The lowest BCUT2D eigenvalue weighted by Crippen LogP contribution is -2.22. The van der Waals surface area contributed by atoms with Crippen LogP contribution in [0.3, 0.4) is 0 Å². The molecular formula is C18H21NO. The molecule has 0 N–H and O–H groups in total. The van der Waals surface area contributed by atoms with E-state index in [1.165, 1.54) is 5.39 Å². The summed E-state index contributed by atoms with van der Waals surface area (Å²) in [6.07, 6.45) is 0. The maximum absolute atomic E-state index is 5.78. The molecule has 2 nitrogen and oxygen atoms in total. The molecular weight excluding hydrogens is 246 g/mol. The predicted molar refractivity (Wildman–Crippen MR) is 85.0 cm³/mol.